The van der Waals surface area contributed by atoms with Gasteiger partial charge in [-0.3, -0.25) is 4.79 Å². The van der Waals surface area contributed by atoms with Crippen LogP contribution in [0.15, 0.2) is 60.8 Å². The highest BCUT2D eigenvalue weighted by atomic mass is 16.2. The number of aromatic nitrogens is 2. The molecule has 1 fully saturated rings. The van der Waals surface area contributed by atoms with Crippen LogP contribution in [0.1, 0.15) is 46.4 Å². The molecule has 30 heavy (non-hydrogen) atoms. The van der Waals surface area contributed by atoms with E-state index in [-0.39, 0.29) is 11.3 Å². The molecule has 1 unspecified atom stereocenters. The van der Waals surface area contributed by atoms with Crippen molar-refractivity contribution in [2.75, 3.05) is 13.1 Å². The predicted molar refractivity (Wildman–Crippen MR) is 114 cm³/mol. The number of carbonyl (C=O) groups is 1. The quantitative estimate of drug-likeness (QED) is 0.655. The number of nitriles is 1. The van der Waals surface area contributed by atoms with Crippen molar-refractivity contribution in [1.29, 1.82) is 5.26 Å². The lowest BCUT2D eigenvalue weighted by molar-refractivity contribution is 0.0633. The number of hydrogen-bond acceptors (Lipinski definition) is 4. The molecule has 2 aromatic carbocycles. The van der Waals surface area contributed by atoms with Crippen molar-refractivity contribution >= 4 is 5.91 Å². The minimum absolute atomic E-state index is 0.0583. The molecule has 1 aromatic heterocycles. The van der Waals surface area contributed by atoms with E-state index in [1.54, 1.807) is 18.2 Å². The number of piperidine rings is 1. The van der Waals surface area contributed by atoms with Gasteiger partial charge >= 0.3 is 0 Å². The van der Waals surface area contributed by atoms with Gasteiger partial charge in [0.1, 0.15) is 0 Å². The maximum Gasteiger partial charge on any atom is 0.255 e. The molecular weight excluding hydrogens is 372 g/mol. The second-order valence-electron chi connectivity index (χ2n) is 8.20. The van der Waals surface area contributed by atoms with Gasteiger partial charge < -0.3 is 4.90 Å². The van der Waals surface area contributed by atoms with Crippen molar-refractivity contribution in [2.24, 2.45) is 0 Å². The number of benzene rings is 2. The predicted octanol–water partition coefficient (Wildman–Crippen LogP) is 4.14. The molecule has 148 valence electrons. The summed E-state index contributed by atoms with van der Waals surface area (Å²) in [5.74, 6) is 0.686. The highest BCUT2D eigenvalue weighted by Gasteiger charge is 2.45. The minimum atomic E-state index is -0.128. The largest absolute Gasteiger partial charge is 0.338 e. The Hall–Kier alpha value is -3.52. The van der Waals surface area contributed by atoms with Gasteiger partial charge in [-0.2, -0.15) is 5.26 Å². The van der Waals surface area contributed by atoms with Gasteiger partial charge in [0.25, 0.3) is 5.91 Å². The normalized spacial score (nSPS) is 20.0. The first-order valence-corrected chi connectivity index (χ1v) is 10.4. The lowest BCUT2D eigenvalue weighted by Crippen LogP contribution is -2.48. The van der Waals surface area contributed by atoms with E-state index in [9.17, 15) is 10.1 Å². The van der Waals surface area contributed by atoms with Crippen LogP contribution in [0.25, 0.3) is 11.4 Å². The Bertz CT molecular complexity index is 1150. The van der Waals surface area contributed by atoms with Crippen LogP contribution < -0.4 is 0 Å². The first-order valence-electron chi connectivity index (χ1n) is 10.4. The third kappa shape index (κ3) is 3.05. The van der Waals surface area contributed by atoms with E-state index < -0.39 is 0 Å². The maximum absolute atomic E-state index is 13.3. The molecular formula is C25H22N4O. The summed E-state index contributed by atoms with van der Waals surface area (Å²) in [6.45, 7) is 1.36. The first-order chi connectivity index (χ1) is 14.7. The summed E-state index contributed by atoms with van der Waals surface area (Å²) >= 11 is 0. The molecule has 3 aromatic rings. The van der Waals surface area contributed by atoms with E-state index >= 15 is 0 Å². The number of hydrogen-bond donors (Lipinski definition) is 0. The van der Waals surface area contributed by atoms with Gasteiger partial charge in [0.05, 0.1) is 22.9 Å². The van der Waals surface area contributed by atoms with E-state index in [0.717, 1.165) is 42.8 Å². The second-order valence-corrected chi connectivity index (χ2v) is 8.20. The number of nitrogens with zero attached hydrogens (tertiary/aromatic N) is 4. The van der Waals surface area contributed by atoms with Crippen LogP contribution in [-0.4, -0.2) is 33.9 Å². The Morgan fingerprint density at radius 1 is 1.07 bits per heavy atom. The monoisotopic (exact) mass is 394 g/mol. The first kappa shape index (κ1) is 18.5. The van der Waals surface area contributed by atoms with Crippen LogP contribution in [0.5, 0.6) is 0 Å². The van der Waals surface area contributed by atoms with Crippen molar-refractivity contribution in [3.05, 3.63) is 83.2 Å². The number of rotatable bonds is 2. The zero-order chi connectivity index (χ0) is 20.6. The second kappa shape index (κ2) is 7.38. The van der Waals surface area contributed by atoms with Gasteiger partial charge in [0, 0.05) is 30.3 Å². The van der Waals surface area contributed by atoms with E-state index in [0.29, 0.717) is 24.2 Å². The fraction of sp³-hybridized carbons (Fsp3) is 0.280. The summed E-state index contributed by atoms with van der Waals surface area (Å²) in [5.41, 5.74) is 4.10. The lowest BCUT2D eigenvalue weighted by Gasteiger charge is -2.40. The molecule has 0 saturated carbocycles. The van der Waals surface area contributed by atoms with E-state index in [1.807, 2.05) is 47.5 Å². The van der Waals surface area contributed by atoms with Gasteiger partial charge in [-0.1, -0.05) is 42.5 Å². The molecule has 1 atom stereocenters. The average molecular weight is 394 g/mol. The highest BCUT2D eigenvalue weighted by Crippen LogP contribution is 2.44. The number of carbonyl (C=O) groups excluding carboxylic acids is 1. The fourth-order valence-electron chi connectivity index (χ4n) is 4.91. The number of likely N-dealkylation sites (tertiary alicyclic amines) is 1. The van der Waals surface area contributed by atoms with Crippen molar-refractivity contribution in [2.45, 2.75) is 31.1 Å². The van der Waals surface area contributed by atoms with Crippen LogP contribution in [0.2, 0.25) is 0 Å². The molecule has 1 aliphatic heterocycles. The van der Waals surface area contributed by atoms with E-state index in [1.165, 1.54) is 5.56 Å². The number of fused-ring (bicyclic) bond motifs is 2. The van der Waals surface area contributed by atoms with Crippen LogP contribution in [0, 0.1) is 11.3 Å². The summed E-state index contributed by atoms with van der Waals surface area (Å²) < 4.78 is 0. The van der Waals surface area contributed by atoms with Crippen LogP contribution >= 0.6 is 0 Å². The smallest absolute Gasteiger partial charge is 0.255 e. The molecule has 1 spiro atoms. The molecule has 2 heterocycles. The van der Waals surface area contributed by atoms with Gasteiger partial charge in [-0.15, -0.1) is 0 Å². The molecule has 5 heteroatoms. The lowest BCUT2D eigenvalue weighted by atomic mass is 9.77. The summed E-state index contributed by atoms with van der Waals surface area (Å²) in [7, 11) is 0. The number of amides is 1. The van der Waals surface area contributed by atoms with Gasteiger partial charge in [0.15, 0.2) is 5.82 Å². The zero-order valence-corrected chi connectivity index (χ0v) is 16.7. The third-order valence-electron chi connectivity index (χ3n) is 6.41. The summed E-state index contributed by atoms with van der Waals surface area (Å²) in [6.07, 6.45) is 5.85. The van der Waals surface area contributed by atoms with Gasteiger partial charge in [0.2, 0.25) is 0 Å². The Kier molecular flexibility index (Phi) is 4.55. The Morgan fingerprint density at radius 2 is 1.87 bits per heavy atom. The Labute approximate surface area is 176 Å². The summed E-state index contributed by atoms with van der Waals surface area (Å²) in [4.78, 5) is 24.8. The molecule has 1 aliphatic carbocycles. The fourth-order valence-corrected chi connectivity index (χ4v) is 4.91. The SMILES string of the molecule is N#Cc1ccccc1C(=O)N1CCCC2(CCc3cnc(-c4ccccc4)nc32)C1. The Balaban J connectivity index is 1.48. The molecule has 0 bridgehead atoms. The summed E-state index contributed by atoms with van der Waals surface area (Å²) in [5, 5.41) is 9.40. The zero-order valence-electron chi connectivity index (χ0n) is 16.7. The van der Waals surface area contributed by atoms with Crippen molar-refractivity contribution < 1.29 is 4.79 Å². The molecule has 5 nitrogen and oxygen atoms in total. The van der Waals surface area contributed by atoms with Crippen molar-refractivity contribution in [3.63, 3.8) is 0 Å². The molecule has 2 aliphatic rings. The molecule has 1 amide bonds. The molecule has 0 N–H and O–H groups in total. The molecule has 0 radical (unpaired) electrons. The minimum Gasteiger partial charge on any atom is -0.338 e. The molecule has 5 rings (SSSR count). The Morgan fingerprint density at radius 3 is 2.70 bits per heavy atom. The van der Waals surface area contributed by atoms with E-state index in [4.69, 9.17) is 4.98 Å². The van der Waals surface area contributed by atoms with Crippen molar-refractivity contribution in [1.82, 2.24) is 14.9 Å². The standard InChI is InChI=1S/C25H22N4O/c26-15-19-9-4-5-10-21(19)24(30)29-14-6-12-25(17-29)13-11-20-16-27-23(28-22(20)25)18-7-2-1-3-8-18/h1-5,7-10,16H,6,11-14,17H2. The summed E-state index contributed by atoms with van der Waals surface area (Å²) in [6, 6.07) is 19.2. The van der Waals surface area contributed by atoms with Crippen LogP contribution in [0.3, 0.4) is 0 Å². The van der Waals surface area contributed by atoms with Crippen LogP contribution in [-0.2, 0) is 11.8 Å². The topological polar surface area (TPSA) is 69.9 Å². The third-order valence-corrected chi connectivity index (χ3v) is 6.41. The highest BCUT2D eigenvalue weighted by molar-refractivity contribution is 5.96. The van der Waals surface area contributed by atoms with E-state index in [2.05, 4.69) is 11.1 Å². The average Bonchev–Trinajstić information content (AvgIpc) is 3.16. The van der Waals surface area contributed by atoms with Crippen LogP contribution in [0.4, 0.5) is 0 Å². The van der Waals surface area contributed by atoms with Crippen molar-refractivity contribution in [3.8, 4) is 17.5 Å². The van der Waals surface area contributed by atoms with Gasteiger partial charge in [-0.25, -0.2) is 9.97 Å². The maximum atomic E-state index is 13.3. The molecule has 1 saturated heterocycles. The number of aryl methyl sites for hydroxylation is 1. The van der Waals surface area contributed by atoms with Gasteiger partial charge in [-0.05, 0) is 43.4 Å².